The van der Waals surface area contributed by atoms with Gasteiger partial charge >= 0.3 is 5.97 Å². The van der Waals surface area contributed by atoms with Crippen LogP contribution in [0.3, 0.4) is 0 Å². The second-order valence-electron chi connectivity index (χ2n) is 9.29. The van der Waals surface area contributed by atoms with E-state index in [2.05, 4.69) is 13.8 Å². The number of esters is 1. The third-order valence-electron chi connectivity index (χ3n) is 6.40. The molecular weight excluding hydrogens is 344 g/mol. The average molecular weight is 374 g/mol. The van der Waals surface area contributed by atoms with Gasteiger partial charge in [0, 0.05) is 12.8 Å². The van der Waals surface area contributed by atoms with Gasteiger partial charge in [-0.15, -0.1) is 0 Å². The molecule has 3 aliphatic rings. The molecule has 4 atom stereocenters. The number of Topliss-reactive ketones (excluding diaryl/α,β-unsaturated/α-hetero) is 2. The molecule has 2 aliphatic heterocycles. The normalized spacial score (nSPS) is 38.6. The van der Waals surface area contributed by atoms with Crippen molar-refractivity contribution in [3.63, 3.8) is 0 Å². The molecule has 2 heterocycles. The van der Waals surface area contributed by atoms with Crippen LogP contribution in [0.15, 0.2) is 23.3 Å². The standard InChI is InChI=1S/C22H30O5/c1-13-7-9-20(4,5)17-8-10-21(6,27-17)12-16-18(24)14(2)11-22(16,19(13)25)26-15(3)23/h11-13,17H,7-10H2,1-6H3. The van der Waals surface area contributed by atoms with Crippen LogP contribution < -0.4 is 0 Å². The number of rotatable bonds is 1. The highest BCUT2D eigenvalue weighted by atomic mass is 16.6. The van der Waals surface area contributed by atoms with Crippen LogP contribution >= 0.6 is 0 Å². The fourth-order valence-corrected chi connectivity index (χ4v) is 4.64. The molecule has 1 saturated heterocycles. The van der Waals surface area contributed by atoms with Crippen molar-refractivity contribution in [2.24, 2.45) is 11.3 Å². The highest BCUT2D eigenvalue weighted by molar-refractivity contribution is 6.20. The zero-order chi connectivity index (χ0) is 20.2. The maximum atomic E-state index is 13.5. The zero-order valence-corrected chi connectivity index (χ0v) is 17.2. The van der Waals surface area contributed by atoms with Crippen molar-refractivity contribution in [1.82, 2.24) is 0 Å². The molecule has 0 spiro atoms. The van der Waals surface area contributed by atoms with E-state index in [0.29, 0.717) is 12.0 Å². The summed E-state index contributed by atoms with van der Waals surface area (Å²) in [5.74, 6) is -1.40. The van der Waals surface area contributed by atoms with Crippen LogP contribution in [0, 0.1) is 11.3 Å². The lowest BCUT2D eigenvalue weighted by Gasteiger charge is -2.33. The van der Waals surface area contributed by atoms with E-state index >= 15 is 0 Å². The van der Waals surface area contributed by atoms with Gasteiger partial charge in [-0.05, 0) is 62.7 Å². The summed E-state index contributed by atoms with van der Waals surface area (Å²) in [4.78, 5) is 38.3. The maximum Gasteiger partial charge on any atom is 0.304 e. The van der Waals surface area contributed by atoms with Crippen molar-refractivity contribution in [2.75, 3.05) is 0 Å². The van der Waals surface area contributed by atoms with Gasteiger partial charge in [-0.1, -0.05) is 20.8 Å². The lowest BCUT2D eigenvalue weighted by molar-refractivity contribution is -0.158. The van der Waals surface area contributed by atoms with Gasteiger partial charge in [0.2, 0.25) is 5.60 Å². The summed E-state index contributed by atoms with van der Waals surface area (Å²) in [5, 5.41) is 0. The second kappa shape index (κ2) is 6.40. The summed E-state index contributed by atoms with van der Waals surface area (Å²) in [6.45, 7) is 11.1. The quantitative estimate of drug-likeness (QED) is 0.655. The maximum absolute atomic E-state index is 13.5. The summed E-state index contributed by atoms with van der Waals surface area (Å²) in [6.07, 6.45) is 6.47. The van der Waals surface area contributed by atoms with Crippen LogP contribution in [0.25, 0.3) is 0 Å². The van der Waals surface area contributed by atoms with Gasteiger partial charge in [0.1, 0.15) is 0 Å². The Morgan fingerprint density at radius 3 is 2.44 bits per heavy atom. The molecule has 1 fully saturated rings. The monoisotopic (exact) mass is 374 g/mol. The molecule has 5 nitrogen and oxygen atoms in total. The lowest BCUT2D eigenvalue weighted by Crippen LogP contribution is -2.46. The number of allylic oxidation sites excluding steroid dienone is 1. The predicted octanol–water partition coefficient (Wildman–Crippen LogP) is 3.71. The Hall–Kier alpha value is -1.75. The van der Waals surface area contributed by atoms with Crippen LogP contribution in [0.4, 0.5) is 0 Å². The third-order valence-corrected chi connectivity index (χ3v) is 6.40. The second-order valence-corrected chi connectivity index (χ2v) is 9.29. The Kier molecular flexibility index (Phi) is 4.74. The smallest absolute Gasteiger partial charge is 0.304 e. The predicted molar refractivity (Wildman–Crippen MR) is 101 cm³/mol. The molecule has 0 amide bonds. The van der Waals surface area contributed by atoms with Crippen LogP contribution in [0.5, 0.6) is 0 Å². The minimum absolute atomic E-state index is 0.0634. The Bertz CT molecular complexity index is 759. The van der Waals surface area contributed by atoms with Gasteiger partial charge in [-0.25, -0.2) is 0 Å². The Labute approximate surface area is 161 Å². The molecule has 0 radical (unpaired) electrons. The summed E-state index contributed by atoms with van der Waals surface area (Å²) in [7, 11) is 0. The highest BCUT2D eigenvalue weighted by Crippen LogP contribution is 2.47. The highest BCUT2D eigenvalue weighted by Gasteiger charge is 2.54. The van der Waals surface area contributed by atoms with E-state index in [1.807, 2.05) is 13.8 Å². The summed E-state index contributed by atoms with van der Waals surface area (Å²) < 4.78 is 12.0. The minimum atomic E-state index is -1.63. The Balaban J connectivity index is 2.19. The van der Waals surface area contributed by atoms with Gasteiger partial charge in [0.05, 0.1) is 17.3 Å². The first-order chi connectivity index (χ1) is 12.4. The van der Waals surface area contributed by atoms with Crippen molar-refractivity contribution < 1.29 is 23.9 Å². The molecule has 0 aromatic heterocycles. The van der Waals surface area contributed by atoms with Crippen molar-refractivity contribution in [1.29, 1.82) is 0 Å². The number of carbonyl (C=O) groups excluding carboxylic acids is 3. The average Bonchev–Trinajstić information content (AvgIpc) is 3.06. The number of hydrogen-bond acceptors (Lipinski definition) is 5. The van der Waals surface area contributed by atoms with Crippen LogP contribution in [-0.4, -0.2) is 34.8 Å². The molecular formula is C22H30O5. The van der Waals surface area contributed by atoms with Crippen molar-refractivity contribution in [3.8, 4) is 0 Å². The van der Waals surface area contributed by atoms with Crippen LogP contribution in [0.2, 0.25) is 0 Å². The summed E-state index contributed by atoms with van der Waals surface area (Å²) >= 11 is 0. The van der Waals surface area contributed by atoms with Crippen LogP contribution in [0.1, 0.15) is 67.2 Å². The van der Waals surface area contributed by atoms with E-state index in [4.69, 9.17) is 9.47 Å². The molecule has 3 rings (SSSR count). The van der Waals surface area contributed by atoms with Gasteiger partial charge in [0.25, 0.3) is 0 Å². The molecule has 1 aliphatic carbocycles. The molecule has 2 bridgehead atoms. The third kappa shape index (κ3) is 3.31. The largest absolute Gasteiger partial charge is 0.442 e. The SMILES string of the molecule is CC(=O)OC12C=C(C)C(=O)C1=CC1(C)CCC(O1)C(C)(C)CCC(C)C2=O. The molecule has 27 heavy (non-hydrogen) atoms. The lowest BCUT2D eigenvalue weighted by atomic mass is 9.75. The molecule has 0 aromatic rings. The van der Waals surface area contributed by atoms with Gasteiger partial charge in [0.15, 0.2) is 11.6 Å². The summed E-state index contributed by atoms with van der Waals surface area (Å²) in [5.41, 5.74) is -1.71. The van der Waals surface area contributed by atoms with Crippen molar-refractivity contribution in [3.05, 3.63) is 23.3 Å². The fraction of sp³-hybridized carbons (Fsp3) is 0.682. The molecule has 4 unspecified atom stereocenters. The fourth-order valence-electron chi connectivity index (χ4n) is 4.64. The number of ketones is 2. The van der Waals surface area contributed by atoms with Crippen LogP contribution in [-0.2, 0) is 23.9 Å². The van der Waals surface area contributed by atoms with E-state index in [1.165, 1.54) is 13.0 Å². The van der Waals surface area contributed by atoms with E-state index in [9.17, 15) is 14.4 Å². The molecule has 148 valence electrons. The van der Waals surface area contributed by atoms with Gasteiger partial charge in [-0.3, -0.25) is 14.4 Å². The molecule has 5 heteroatoms. The number of hydrogen-bond donors (Lipinski definition) is 0. The van der Waals surface area contributed by atoms with Crippen molar-refractivity contribution in [2.45, 2.75) is 84.5 Å². The number of carbonyl (C=O) groups is 3. The zero-order valence-electron chi connectivity index (χ0n) is 17.2. The van der Waals surface area contributed by atoms with Gasteiger partial charge in [-0.2, -0.15) is 0 Å². The first kappa shape index (κ1) is 20.0. The Morgan fingerprint density at radius 2 is 1.81 bits per heavy atom. The first-order valence-electron chi connectivity index (χ1n) is 9.79. The van der Waals surface area contributed by atoms with Gasteiger partial charge < -0.3 is 9.47 Å². The van der Waals surface area contributed by atoms with Crippen molar-refractivity contribution >= 4 is 17.5 Å². The van der Waals surface area contributed by atoms with E-state index in [1.54, 1.807) is 13.0 Å². The molecule has 0 N–H and O–H groups in total. The van der Waals surface area contributed by atoms with E-state index in [0.717, 1.165) is 19.3 Å². The molecule has 0 saturated carbocycles. The van der Waals surface area contributed by atoms with E-state index < -0.39 is 17.2 Å². The minimum Gasteiger partial charge on any atom is -0.442 e. The summed E-state index contributed by atoms with van der Waals surface area (Å²) in [6, 6.07) is 0. The van der Waals surface area contributed by atoms with E-state index in [-0.39, 0.29) is 34.6 Å². The first-order valence-corrected chi connectivity index (χ1v) is 9.79. The molecule has 0 aromatic carbocycles. The number of fused-ring (bicyclic) bond motifs is 3. The Morgan fingerprint density at radius 1 is 1.15 bits per heavy atom. The number of ether oxygens (including phenoxy) is 2. The topological polar surface area (TPSA) is 69.7 Å².